The lowest BCUT2D eigenvalue weighted by atomic mass is 9.82. The average Bonchev–Trinajstić information content (AvgIpc) is 2.28. The highest BCUT2D eigenvalue weighted by atomic mass is 16.5. The van der Waals surface area contributed by atoms with Crippen molar-refractivity contribution in [2.45, 2.75) is 59.0 Å². The highest BCUT2D eigenvalue weighted by molar-refractivity contribution is 5.47. The van der Waals surface area contributed by atoms with Crippen LogP contribution in [0.2, 0.25) is 0 Å². The van der Waals surface area contributed by atoms with Crippen molar-refractivity contribution in [2.75, 3.05) is 0 Å². The van der Waals surface area contributed by atoms with E-state index in [1.165, 1.54) is 0 Å². The van der Waals surface area contributed by atoms with Crippen LogP contribution in [0.5, 0.6) is 11.5 Å². The summed E-state index contributed by atoms with van der Waals surface area (Å²) in [5.41, 5.74) is 1.86. The number of rotatable bonds is 0. The lowest BCUT2D eigenvalue weighted by molar-refractivity contribution is 0.0398. The van der Waals surface area contributed by atoms with Crippen molar-refractivity contribution in [1.82, 2.24) is 0 Å². The van der Waals surface area contributed by atoms with Gasteiger partial charge in [0.05, 0.1) is 0 Å². The minimum Gasteiger partial charge on any atom is -0.508 e. The van der Waals surface area contributed by atoms with E-state index in [0.29, 0.717) is 17.6 Å². The summed E-state index contributed by atoms with van der Waals surface area (Å²) in [6.07, 6.45) is 2.30. The number of hydrogen-bond acceptors (Lipinski definition) is 2. The van der Waals surface area contributed by atoms with Crippen LogP contribution in [0.25, 0.3) is 0 Å². The molecule has 0 bridgehead atoms. The predicted molar refractivity (Wildman–Crippen MR) is 74.4 cm³/mol. The number of ether oxygens (including phenoxy) is 1. The Hall–Kier alpha value is -1.18. The summed E-state index contributed by atoms with van der Waals surface area (Å²) in [5.74, 6) is 2.28. The number of aryl methyl sites for hydroxylation is 1. The molecule has 0 radical (unpaired) electrons. The molecule has 2 nitrogen and oxygen atoms in total. The van der Waals surface area contributed by atoms with Gasteiger partial charge in [0, 0.05) is 5.56 Å². The van der Waals surface area contributed by atoms with E-state index in [2.05, 4.69) is 27.7 Å². The molecule has 0 amide bonds. The topological polar surface area (TPSA) is 29.5 Å². The fraction of sp³-hybridized carbons (Fsp3) is 0.625. The predicted octanol–water partition coefficient (Wildman–Crippen LogP) is 4.39. The van der Waals surface area contributed by atoms with E-state index in [4.69, 9.17) is 4.74 Å². The maximum atomic E-state index is 9.88. The molecule has 0 saturated carbocycles. The van der Waals surface area contributed by atoms with E-state index in [9.17, 15) is 5.11 Å². The Morgan fingerprint density at radius 1 is 1.22 bits per heavy atom. The van der Waals surface area contributed by atoms with Gasteiger partial charge in [-0.3, -0.25) is 0 Å². The van der Waals surface area contributed by atoms with Crippen molar-refractivity contribution in [3.63, 3.8) is 0 Å². The summed E-state index contributed by atoms with van der Waals surface area (Å²) in [6.45, 7) is 10.7. The number of benzene rings is 1. The first-order valence-corrected chi connectivity index (χ1v) is 6.84. The summed E-state index contributed by atoms with van der Waals surface area (Å²) >= 11 is 0. The van der Waals surface area contributed by atoms with Crippen molar-refractivity contribution in [1.29, 1.82) is 0 Å². The Bertz CT molecular complexity index is 449. The van der Waals surface area contributed by atoms with Gasteiger partial charge in [0.1, 0.15) is 17.1 Å². The summed E-state index contributed by atoms with van der Waals surface area (Å²) in [5, 5.41) is 9.88. The number of phenolic OH excluding ortho intramolecular Hbond substituents is 1. The van der Waals surface area contributed by atoms with Crippen LogP contribution in [0.15, 0.2) is 12.1 Å². The Labute approximate surface area is 110 Å². The highest BCUT2D eigenvalue weighted by Crippen LogP contribution is 2.41. The van der Waals surface area contributed by atoms with E-state index in [1.807, 2.05) is 19.1 Å². The van der Waals surface area contributed by atoms with Crippen LogP contribution in [0.4, 0.5) is 0 Å². The smallest absolute Gasteiger partial charge is 0.124 e. The Morgan fingerprint density at radius 3 is 2.56 bits per heavy atom. The Kier molecular flexibility index (Phi) is 3.31. The van der Waals surface area contributed by atoms with E-state index in [-0.39, 0.29) is 5.60 Å². The number of fused-ring (bicyclic) bond motifs is 1. The molecule has 1 N–H and O–H groups in total. The molecule has 0 spiro atoms. The van der Waals surface area contributed by atoms with E-state index < -0.39 is 0 Å². The molecule has 1 aromatic carbocycles. The summed E-state index contributed by atoms with van der Waals surface area (Å²) in [4.78, 5) is 0. The van der Waals surface area contributed by atoms with Gasteiger partial charge in [-0.1, -0.05) is 13.8 Å². The first-order valence-electron chi connectivity index (χ1n) is 6.84. The summed E-state index contributed by atoms with van der Waals surface area (Å²) in [7, 11) is 0. The molecule has 2 atom stereocenters. The molecule has 0 aliphatic carbocycles. The largest absolute Gasteiger partial charge is 0.508 e. The summed E-state index contributed by atoms with van der Waals surface area (Å²) in [6, 6.07) is 3.85. The lowest BCUT2D eigenvalue weighted by Crippen LogP contribution is -2.37. The van der Waals surface area contributed by atoms with Crippen LogP contribution >= 0.6 is 0 Å². The zero-order chi connectivity index (χ0) is 13.5. The molecule has 100 valence electrons. The maximum Gasteiger partial charge on any atom is 0.124 e. The van der Waals surface area contributed by atoms with Gasteiger partial charge < -0.3 is 9.84 Å². The van der Waals surface area contributed by atoms with E-state index in [0.717, 1.165) is 29.7 Å². The molecule has 1 heterocycles. The third-order valence-electron chi connectivity index (χ3n) is 4.45. The molecule has 1 aromatic rings. The van der Waals surface area contributed by atoms with Gasteiger partial charge in [0.2, 0.25) is 0 Å². The molecular formula is C16H24O2. The van der Waals surface area contributed by atoms with E-state index in [1.54, 1.807) is 0 Å². The van der Waals surface area contributed by atoms with Gasteiger partial charge in [-0.2, -0.15) is 0 Å². The number of aromatic hydroxyl groups is 1. The molecule has 0 saturated heterocycles. The number of phenols is 1. The first kappa shape index (κ1) is 13.3. The second-order valence-corrected chi connectivity index (χ2v) is 6.26. The standard InChI is InChI=1S/C16H24O2/c1-10-6-7-12(3)16(4,5)18-15-8-11(2)14(17)9-13(10)15/h8-10,12,17H,6-7H2,1-5H3/t10-,12+/m0/s1. The molecule has 2 rings (SSSR count). The molecular weight excluding hydrogens is 224 g/mol. The van der Waals surface area contributed by atoms with Crippen molar-refractivity contribution in [3.8, 4) is 11.5 Å². The molecule has 18 heavy (non-hydrogen) atoms. The third kappa shape index (κ3) is 2.33. The molecule has 1 aliphatic rings. The van der Waals surface area contributed by atoms with Gasteiger partial charge in [-0.05, 0) is 63.1 Å². The fourth-order valence-electron chi connectivity index (χ4n) is 2.55. The average molecular weight is 248 g/mol. The fourth-order valence-corrected chi connectivity index (χ4v) is 2.55. The molecule has 2 heteroatoms. The van der Waals surface area contributed by atoms with Crippen molar-refractivity contribution >= 4 is 0 Å². The Balaban J connectivity index is 2.49. The minimum atomic E-state index is -0.154. The maximum absolute atomic E-state index is 9.88. The van der Waals surface area contributed by atoms with Gasteiger partial charge in [0.15, 0.2) is 0 Å². The monoisotopic (exact) mass is 248 g/mol. The van der Waals surface area contributed by atoms with Crippen LogP contribution in [0, 0.1) is 12.8 Å². The van der Waals surface area contributed by atoms with Crippen LogP contribution in [-0.4, -0.2) is 10.7 Å². The molecule has 0 aromatic heterocycles. The Morgan fingerprint density at radius 2 is 1.89 bits per heavy atom. The highest BCUT2D eigenvalue weighted by Gasteiger charge is 2.32. The lowest BCUT2D eigenvalue weighted by Gasteiger charge is -2.37. The van der Waals surface area contributed by atoms with Gasteiger partial charge in [-0.15, -0.1) is 0 Å². The van der Waals surface area contributed by atoms with Crippen LogP contribution < -0.4 is 4.74 Å². The van der Waals surface area contributed by atoms with Crippen LogP contribution in [0.1, 0.15) is 57.6 Å². The van der Waals surface area contributed by atoms with Crippen molar-refractivity contribution < 1.29 is 9.84 Å². The summed E-state index contributed by atoms with van der Waals surface area (Å²) < 4.78 is 6.23. The van der Waals surface area contributed by atoms with Crippen LogP contribution in [-0.2, 0) is 0 Å². The van der Waals surface area contributed by atoms with Gasteiger partial charge in [-0.25, -0.2) is 0 Å². The second kappa shape index (κ2) is 4.49. The molecule has 1 aliphatic heterocycles. The zero-order valence-corrected chi connectivity index (χ0v) is 12.1. The minimum absolute atomic E-state index is 0.154. The third-order valence-corrected chi connectivity index (χ3v) is 4.45. The quantitative estimate of drug-likeness (QED) is 0.737. The molecule has 0 unspecified atom stereocenters. The van der Waals surface area contributed by atoms with Crippen LogP contribution in [0.3, 0.4) is 0 Å². The van der Waals surface area contributed by atoms with Gasteiger partial charge in [0.25, 0.3) is 0 Å². The SMILES string of the molecule is Cc1cc2c(cc1O)[C@@H](C)CC[C@@H](C)C(C)(C)O2. The molecule has 0 fully saturated rings. The second-order valence-electron chi connectivity index (χ2n) is 6.26. The van der Waals surface area contributed by atoms with Crippen molar-refractivity contribution in [2.24, 2.45) is 5.92 Å². The zero-order valence-electron chi connectivity index (χ0n) is 12.1. The van der Waals surface area contributed by atoms with Crippen molar-refractivity contribution in [3.05, 3.63) is 23.3 Å². The van der Waals surface area contributed by atoms with Gasteiger partial charge >= 0.3 is 0 Å². The first-order chi connectivity index (χ1) is 8.31. The van der Waals surface area contributed by atoms with E-state index >= 15 is 0 Å². The normalized spacial score (nSPS) is 26.7. The number of hydrogen-bond donors (Lipinski definition) is 1.